The number of carboxylic acids is 1. The number of carboxylic acid groups (broad SMARTS) is 1. The van der Waals surface area contributed by atoms with E-state index in [2.05, 4.69) is 0 Å². The van der Waals surface area contributed by atoms with Gasteiger partial charge in [-0.1, -0.05) is 31.5 Å². The first-order valence-corrected chi connectivity index (χ1v) is 7.41. The molecule has 5 heteroatoms. The molecule has 0 saturated carbocycles. The van der Waals surface area contributed by atoms with Crippen molar-refractivity contribution in [1.82, 2.24) is 0 Å². The van der Waals surface area contributed by atoms with Crippen LogP contribution in [0.2, 0.25) is 0 Å². The van der Waals surface area contributed by atoms with Crippen molar-refractivity contribution in [2.24, 2.45) is 5.92 Å². The molecule has 0 spiro atoms. The van der Waals surface area contributed by atoms with Crippen molar-refractivity contribution in [3.8, 4) is 0 Å². The van der Waals surface area contributed by atoms with Crippen molar-refractivity contribution in [1.29, 1.82) is 0 Å². The third kappa shape index (κ3) is 3.84. The molecule has 0 radical (unpaired) electrons. The molecular formula is C13H18O4S. The van der Waals surface area contributed by atoms with Gasteiger partial charge in [0, 0.05) is 0 Å². The number of aryl methyl sites for hydroxylation is 1. The molecule has 4 nitrogen and oxygen atoms in total. The zero-order valence-electron chi connectivity index (χ0n) is 10.8. The first-order chi connectivity index (χ1) is 8.22. The Labute approximate surface area is 108 Å². The Balaban J connectivity index is 3.27. The van der Waals surface area contributed by atoms with Gasteiger partial charge in [0.15, 0.2) is 9.84 Å². The summed E-state index contributed by atoms with van der Waals surface area (Å²) in [6.07, 6.45) is -0.270. The number of rotatable bonds is 5. The predicted molar refractivity (Wildman–Crippen MR) is 69.4 cm³/mol. The molecule has 0 fully saturated rings. The van der Waals surface area contributed by atoms with E-state index in [0.29, 0.717) is 5.56 Å². The van der Waals surface area contributed by atoms with E-state index in [-0.39, 0.29) is 23.0 Å². The largest absolute Gasteiger partial charge is 0.481 e. The van der Waals surface area contributed by atoms with Crippen LogP contribution in [0.1, 0.15) is 25.0 Å². The van der Waals surface area contributed by atoms with E-state index < -0.39 is 15.8 Å². The van der Waals surface area contributed by atoms with Gasteiger partial charge in [0.25, 0.3) is 0 Å². The number of hydrogen-bond donors (Lipinski definition) is 1. The van der Waals surface area contributed by atoms with E-state index in [4.69, 9.17) is 5.11 Å². The normalized spacial score (nSPS) is 11.8. The minimum absolute atomic E-state index is 0.00832. The van der Waals surface area contributed by atoms with Crippen LogP contribution >= 0.6 is 0 Å². The van der Waals surface area contributed by atoms with Gasteiger partial charge < -0.3 is 5.11 Å². The molecule has 0 amide bonds. The van der Waals surface area contributed by atoms with Crippen LogP contribution in [0.3, 0.4) is 0 Å². The van der Waals surface area contributed by atoms with Crippen molar-refractivity contribution < 1.29 is 18.3 Å². The molecule has 0 heterocycles. The van der Waals surface area contributed by atoms with E-state index in [9.17, 15) is 13.2 Å². The quantitative estimate of drug-likeness (QED) is 0.889. The van der Waals surface area contributed by atoms with E-state index in [1.165, 1.54) is 6.07 Å². The minimum Gasteiger partial charge on any atom is -0.481 e. The fourth-order valence-corrected chi connectivity index (χ4v) is 3.70. The monoisotopic (exact) mass is 270 g/mol. The molecule has 1 N–H and O–H groups in total. The summed E-state index contributed by atoms with van der Waals surface area (Å²) in [5, 5.41) is 8.84. The highest BCUT2D eigenvalue weighted by Gasteiger charge is 2.21. The van der Waals surface area contributed by atoms with Gasteiger partial charge in [0.05, 0.1) is 17.1 Å². The molecule has 0 aliphatic carbocycles. The van der Waals surface area contributed by atoms with Gasteiger partial charge in [-0.2, -0.15) is 0 Å². The second kappa shape index (κ2) is 5.52. The first-order valence-electron chi connectivity index (χ1n) is 5.76. The third-order valence-electron chi connectivity index (χ3n) is 2.45. The van der Waals surface area contributed by atoms with Gasteiger partial charge in [0.1, 0.15) is 0 Å². The number of benzene rings is 1. The Morgan fingerprint density at radius 2 is 1.94 bits per heavy atom. The zero-order valence-corrected chi connectivity index (χ0v) is 11.6. The summed E-state index contributed by atoms with van der Waals surface area (Å²) in [5.41, 5.74) is 1.22. The summed E-state index contributed by atoms with van der Waals surface area (Å²) >= 11 is 0. The van der Waals surface area contributed by atoms with Crippen molar-refractivity contribution in [3.05, 3.63) is 29.3 Å². The summed E-state index contributed by atoms with van der Waals surface area (Å²) in [6, 6.07) is 4.82. The highest BCUT2D eigenvalue weighted by Crippen LogP contribution is 2.21. The van der Waals surface area contributed by atoms with Crippen LogP contribution in [0.4, 0.5) is 0 Å². The third-order valence-corrected chi connectivity index (χ3v) is 4.62. The summed E-state index contributed by atoms with van der Waals surface area (Å²) in [4.78, 5) is 10.9. The fourth-order valence-electron chi connectivity index (χ4n) is 1.84. The maximum Gasteiger partial charge on any atom is 0.307 e. The molecule has 0 unspecified atom stereocenters. The Morgan fingerprint density at radius 1 is 1.33 bits per heavy atom. The Morgan fingerprint density at radius 3 is 2.44 bits per heavy atom. The van der Waals surface area contributed by atoms with Gasteiger partial charge in [0.2, 0.25) is 0 Å². The summed E-state index contributed by atoms with van der Waals surface area (Å²) in [5.74, 6) is -0.988. The zero-order chi connectivity index (χ0) is 13.9. The standard InChI is InChI=1S/C13H18O4S/c1-9(2)8-18(16,17)12-5-4-10(3)6-11(12)7-13(14)15/h4-6,9H,7-8H2,1-3H3,(H,14,15). The lowest BCUT2D eigenvalue weighted by atomic mass is 10.1. The Hall–Kier alpha value is -1.36. The maximum atomic E-state index is 12.2. The topological polar surface area (TPSA) is 71.4 Å². The molecule has 0 bridgehead atoms. The second-order valence-electron chi connectivity index (χ2n) is 4.86. The predicted octanol–water partition coefficient (Wildman–Crippen LogP) is 2.05. The van der Waals surface area contributed by atoms with E-state index in [0.717, 1.165) is 5.56 Å². The highest BCUT2D eigenvalue weighted by molar-refractivity contribution is 7.91. The molecule has 0 saturated heterocycles. The van der Waals surface area contributed by atoms with Gasteiger partial charge in [-0.3, -0.25) is 4.79 Å². The number of hydrogen-bond acceptors (Lipinski definition) is 3. The van der Waals surface area contributed by atoms with Crippen LogP contribution in [-0.4, -0.2) is 25.2 Å². The molecule has 0 aliphatic rings. The molecule has 100 valence electrons. The van der Waals surface area contributed by atoms with E-state index in [1.807, 2.05) is 20.8 Å². The number of carbonyl (C=O) groups is 1. The van der Waals surface area contributed by atoms with Crippen LogP contribution in [0.15, 0.2) is 23.1 Å². The average molecular weight is 270 g/mol. The molecule has 1 rings (SSSR count). The molecule has 0 aromatic heterocycles. The Bertz CT molecular complexity index is 544. The average Bonchev–Trinajstić information content (AvgIpc) is 2.13. The molecule has 1 aromatic rings. The van der Waals surface area contributed by atoms with Crippen LogP contribution < -0.4 is 0 Å². The molecular weight excluding hydrogens is 252 g/mol. The van der Waals surface area contributed by atoms with Gasteiger partial charge in [-0.25, -0.2) is 8.42 Å². The molecule has 18 heavy (non-hydrogen) atoms. The first kappa shape index (κ1) is 14.7. The van der Waals surface area contributed by atoms with Crippen LogP contribution in [-0.2, 0) is 21.1 Å². The van der Waals surface area contributed by atoms with Crippen molar-refractivity contribution in [2.45, 2.75) is 32.1 Å². The van der Waals surface area contributed by atoms with Crippen molar-refractivity contribution >= 4 is 15.8 Å². The lowest BCUT2D eigenvalue weighted by Gasteiger charge is -2.11. The van der Waals surface area contributed by atoms with Gasteiger partial charge in [-0.15, -0.1) is 0 Å². The summed E-state index contributed by atoms with van der Waals surface area (Å²) in [6.45, 7) is 5.45. The van der Waals surface area contributed by atoms with Crippen LogP contribution in [0, 0.1) is 12.8 Å². The molecule has 0 aliphatic heterocycles. The SMILES string of the molecule is Cc1ccc(S(=O)(=O)CC(C)C)c(CC(=O)O)c1. The Kier molecular flexibility index (Phi) is 4.51. The lowest BCUT2D eigenvalue weighted by Crippen LogP contribution is -2.15. The van der Waals surface area contributed by atoms with E-state index in [1.54, 1.807) is 12.1 Å². The number of aliphatic carboxylic acids is 1. The highest BCUT2D eigenvalue weighted by atomic mass is 32.2. The number of sulfone groups is 1. The lowest BCUT2D eigenvalue weighted by molar-refractivity contribution is -0.136. The van der Waals surface area contributed by atoms with E-state index >= 15 is 0 Å². The minimum atomic E-state index is -3.42. The summed E-state index contributed by atoms with van der Waals surface area (Å²) < 4.78 is 24.3. The maximum absolute atomic E-state index is 12.2. The fraction of sp³-hybridized carbons (Fsp3) is 0.462. The van der Waals surface area contributed by atoms with Crippen LogP contribution in [0.5, 0.6) is 0 Å². The molecule has 0 atom stereocenters. The van der Waals surface area contributed by atoms with Gasteiger partial charge >= 0.3 is 5.97 Å². The van der Waals surface area contributed by atoms with Crippen molar-refractivity contribution in [3.63, 3.8) is 0 Å². The smallest absolute Gasteiger partial charge is 0.307 e. The second-order valence-corrected chi connectivity index (χ2v) is 6.86. The van der Waals surface area contributed by atoms with Crippen LogP contribution in [0.25, 0.3) is 0 Å². The summed E-state index contributed by atoms with van der Waals surface area (Å²) in [7, 11) is -3.42. The molecule has 1 aromatic carbocycles. The van der Waals surface area contributed by atoms with Gasteiger partial charge in [-0.05, 0) is 24.5 Å². The van der Waals surface area contributed by atoms with Crippen molar-refractivity contribution in [2.75, 3.05) is 5.75 Å².